The van der Waals surface area contributed by atoms with Crippen molar-refractivity contribution in [1.29, 1.82) is 0 Å². The predicted molar refractivity (Wildman–Crippen MR) is 61.1 cm³/mol. The Balaban J connectivity index is 2.25. The lowest BCUT2D eigenvalue weighted by atomic mass is 10.2. The fourth-order valence-corrected chi connectivity index (χ4v) is 2.27. The molecule has 1 aromatic heterocycles. The Morgan fingerprint density at radius 2 is 2.14 bits per heavy atom. The molecule has 1 saturated carbocycles. The van der Waals surface area contributed by atoms with Crippen LogP contribution in [0.15, 0.2) is 28.7 Å². The first-order valence-corrected chi connectivity index (χ1v) is 5.55. The second-order valence-electron chi connectivity index (χ2n) is 4.04. The molecule has 1 aromatic carbocycles. The van der Waals surface area contributed by atoms with Gasteiger partial charge in [0, 0.05) is 21.1 Å². The van der Waals surface area contributed by atoms with Crippen LogP contribution in [0.2, 0.25) is 0 Å². The van der Waals surface area contributed by atoms with Gasteiger partial charge in [0.05, 0.1) is 5.54 Å². The number of benzene rings is 1. The van der Waals surface area contributed by atoms with Gasteiger partial charge >= 0.3 is 0 Å². The van der Waals surface area contributed by atoms with Crippen molar-refractivity contribution in [2.45, 2.75) is 18.4 Å². The zero-order valence-corrected chi connectivity index (χ0v) is 9.26. The molecule has 0 unspecified atom stereocenters. The van der Waals surface area contributed by atoms with E-state index in [2.05, 4.69) is 39.1 Å². The van der Waals surface area contributed by atoms with E-state index in [1.165, 1.54) is 11.1 Å². The first kappa shape index (κ1) is 8.50. The molecular weight excluding hydrogens is 240 g/mol. The van der Waals surface area contributed by atoms with E-state index in [0.29, 0.717) is 0 Å². The summed E-state index contributed by atoms with van der Waals surface area (Å²) in [4.78, 5) is 3.38. The second kappa shape index (κ2) is 2.61. The summed E-state index contributed by atoms with van der Waals surface area (Å²) >= 11 is 3.54. The smallest absolute Gasteiger partial charge is 0.0563 e. The quantitative estimate of drug-likeness (QED) is 0.803. The SMILES string of the molecule is NC1(c2cc3c(Br)cccc3[nH]2)CC1. The van der Waals surface area contributed by atoms with Crippen molar-refractivity contribution in [2.75, 3.05) is 0 Å². The predicted octanol–water partition coefficient (Wildman–Crippen LogP) is 2.88. The number of halogens is 1. The average molecular weight is 251 g/mol. The lowest BCUT2D eigenvalue weighted by Gasteiger charge is -2.03. The number of rotatable bonds is 1. The molecule has 3 heteroatoms. The summed E-state index contributed by atoms with van der Waals surface area (Å²) in [6.07, 6.45) is 2.19. The molecule has 2 aromatic rings. The maximum atomic E-state index is 6.14. The molecule has 2 nitrogen and oxygen atoms in total. The van der Waals surface area contributed by atoms with E-state index in [-0.39, 0.29) is 5.54 Å². The Labute approximate surface area is 90.6 Å². The Hall–Kier alpha value is -0.800. The lowest BCUT2D eigenvalue weighted by molar-refractivity contribution is 0.717. The standard InChI is InChI=1S/C11H11BrN2/c12-8-2-1-3-9-7(8)6-10(14-9)11(13)4-5-11/h1-3,6,14H,4-5,13H2. The molecular formula is C11H11BrN2. The number of nitrogens with two attached hydrogens (primary N) is 1. The van der Waals surface area contributed by atoms with Gasteiger partial charge in [0.2, 0.25) is 0 Å². The molecule has 1 heterocycles. The van der Waals surface area contributed by atoms with Crippen molar-refractivity contribution < 1.29 is 0 Å². The van der Waals surface area contributed by atoms with E-state index in [0.717, 1.165) is 22.8 Å². The highest BCUT2D eigenvalue weighted by atomic mass is 79.9. The normalized spacial score (nSPS) is 18.7. The third kappa shape index (κ3) is 1.12. The molecule has 0 saturated heterocycles. The number of hydrogen-bond acceptors (Lipinski definition) is 1. The minimum absolute atomic E-state index is 0.0710. The maximum absolute atomic E-state index is 6.14. The Kier molecular flexibility index (Phi) is 1.59. The molecule has 0 aliphatic heterocycles. The molecule has 0 amide bonds. The second-order valence-corrected chi connectivity index (χ2v) is 4.89. The molecule has 0 spiro atoms. The van der Waals surface area contributed by atoms with Crippen LogP contribution in [-0.4, -0.2) is 4.98 Å². The van der Waals surface area contributed by atoms with Crippen LogP contribution in [-0.2, 0) is 5.54 Å². The van der Waals surface area contributed by atoms with Crippen molar-refractivity contribution >= 4 is 26.8 Å². The molecule has 3 N–H and O–H groups in total. The van der Waals surface area contributed by atoms with Crippen molar-refractivity contribution in [3.8, 4) is 0 Å². The summed E-state index contributed by atoms with van der Waals surface area (Å²) in [5.41, 5.74) is 8.39. The minimum atomic E-state index is -0.0710. The number of H-pyrrole nitrogens is 1. The first-order valence-electron chi connectivity index (χ1n) is 4.76. The minimum Gasteiger partial charge on any atom is -0.357 e. The molecule has 3 rings (SSSR count). The van der Waals surface area contributed by atoms with E-state index < -0.39 is 0 Å². The molecule has 1 fully saturated rings. The van der Waals surface area contributed by atoms with E-state index in [1.807, 2.05) is 6.07 Å². The van der Waals surface area contributed by atoms with Crippen LogP contribution < -0.4 is 5.73 Å². The largest absolute Gasteiger partial charge is 0.357 e. The summed E-state index contributed by atoms with van der Waals surface area (Å²) in [6.45, 7) is 0. The van der Waals surface area contributed by atoms with E-state index in [1.54, 1.807) is 0 Å². The monoisotopic (exact) mass is 250 g/mol. The van der Waals surface area contributed by atoms with Gasteiger partial charge in [0.1, 0.15) is 0 Å². The molecule has 0 radical (unpaired) electrons. The Morgan fingerprint density at radius 3 is 2.79 bits per heavy atom. The van der Waals surface area contributed by atoms with Gasteiger partial charge in [-0.05, 0) is 31.0 Å². The van der Waals surface area contributed by atoms with Gasteiger partial charge in [-0.1, -0.05) is 22.0 Å². The van der Waals surface area contributed by atoms with Crippen LogP contribution >= 0.6 is 15.9 Å². The summed E-state index contributed by atoms with van der Waals surface area (Å²) in [5.74, 6) is 0. The number of hydrogen-bond donors (Lipinski definition) is 2. The van der Waals surface area contributed by atoms with Gasteiger partial charge < -0.3 is 10.7 Å². The van der Waals surface area contributed by atoms with Gasteiger partial charge in [-0.2, -0.15) is 0 Å². The van der Waals surface area contributed by atoms with Crippen LogP contribution in [0.1, 0.15) is 18.5 Å². The Morgan fingerprint density at radius 1 is 1.36 bits per heavy atom. The Bertz CT molecular complexity index is 497. The van der Waals surface area contributed by atoms with Crippen molar-refractivity contribution in [3.63, 3.8) is 0 Å². The molecule has 14 heavy (non-hydrogen) atoms. The summed E-state index contributed by atoms with van der Waals surface area (Å²) < 4.78 is 1.13. The van der Waals surface area contributed by atoms with Gasteiger partial charge in [-0.25, -0.2) is 0 Å². The highest BCUT2D eigenvalue weighted by molar-refractivity contribution is 9.10. The highest BCUT2D eigenvalue weighted by Crippen LogP contribution is 2.43. The molecule has 1 aliphatic carbocycles. The third-order valence-corrected chi connectivity index (χ3v) is 3.63. The fraction of sp³-hybridized carbons (Fsp3) is 0.273. The lowest BCUT2D eigenvalue weighted by Crippen LogP contribution is -2.18. The zero-order valence-electron chi connectivity index (χ0n) is 7.68. The first-order chi connectivity index (χ1) is 6.69. The highest BCUT2D eigenvalue weighted by Gasteiger charge is 2.41. The van der Waals surface area contributed by atoms with E-state index in [4.69, 9.17) is 5.73 Å². The van der Waals surface area contributed by atoms with Crippen LogP contribution in [0.5, 0.6) is 0 Å². The van der Waals surface area contributed by atoms with Crippen molar-refractivity contribution in [1.82, 2.24) is 4.98 Å². The van der Waals surface area contributed by atoms with Crippen LogP contribution in [0.3, 0.4) is 0 Å². The van der Waals surface area contributed by atoms with Crippen LogP contribution in [0.25, 0.3) is 10.9 Å². The average Bonchev–Trinajstić information content (AvgIpc) is 2.77. The number of nitrogens with one attached hydrogen (secondary N) is 1. The van der Waals surface area contributed by atoms with Crippen molar-refractivity contribution in [3.05, 3.63) is 34.4 Å². The fourth-order valence-electron chi connectivity index (χ4n) is 1.79. The third-order valence-electron chi connectivity index (χ3n) is 2.94. The van der Waals surface area contributed by atoms with Gasteiger partial charge in [0.25, 0.3) is 0 Å². The van der Waals surface area contributed by atoms with Crippen LogP contribution in [0.4, 0.5) is 0 Å². The van der Waals surface area contributed by atoms with Crippen LogP contribution in [0, 0.1) is 0 Å². The number of aromatic amines is 1. The van der Waals surface area contributed by atoms with Gasteiger partial charge in [-0.3, -0.25) is 0 Å². The van der Waals surface area contributed by atoms with Gasteiger partial charge in [-0.15, -0.1) is 0 Å². The summed E-state index contributed by atoms with van der Waals surface area (Å²) in [5, 5.41) is 1.22. The maximum Gasteiger partial charge on any atom is 0.0563 e. The van der Waals surface area contributed by atoms with Crippen molar-refractivity contribution in [2.24, 2.45) is 5.73 Å². The van der Waals surface area contributed by atoms with E-state index >= 15 is 0 Å². The number of aromatic nitrogens is 1. The molecule has 0 atom stereocenters. The summed E-state index contributed by atoms with van der Waals surface area (Å²) in [7, 11) is 0. The van der Waals surface area contributed by atoms with Gasteiger partial charge in [0.15, 0.2) is 0 Å². The topological polar surface area (TPSA) is 41.8 Å². The molecule has 0 bridgehead atoms. The molecule has 72 valence electrons. The summed E-state index contributed by atoms with van der Waals surface area (Å²) in [6, 6.07) is 8.32. The van der Waals surface area contributed by atoms with E-state index in [9.17, 15) is 0 Å². The molecule has 1 aliphatic rings. The number of fused-ring (bicyclic) bond motifs is 1. The zero-order chi connectivity index (χ0) is 9.76.